The minimum atomic E-state index is -1.06. The molecular weight excluding hydrogens is 272 g/mol. The Bertz CT molecular complexity index is 580. The molecule has 2 aliphatic carbocycles. The topological polar surface area (TPSA) is 83.8 Å². The summed E-state index contributed by atoms with van der Waals surface area (Å²) in [6.07, 6.45) is 2.61. The quantitative estimate of drug-likeness (QED) is 0.643. The number of carbonyl (C=O) groups excluding carboxylic acids is 1. The Labute approximate surface area is 121 Å². The van der Waals surface area contributed by atoms with Gasteiger partial charge in [-0.15, -0.1) is 0 Å². The fourth-order valence-electron chi connectivity index (χ4n) is 3.33. The van der Waals surface area contributed by atoms with E-state index in [1.807, 2.05) is 30.3 Å². The van der Waals surface area contributed by atoms with Crippen LogP contribution in [0.3, 0.4) is 0 Å². The average molecular weight is 288 g/mol. The molecule has 5 heteroatoms. The van der Waals surface area contributed by atoms with Crippen LogP contribution in [0.4, 0.5) is 0 Å². The zero-order chi connectivity index (χ0) is 15.0. The highest BCUT2D eigenvalue weighted by molar-refractivity contribution is 5.84. The molecule has 3 rings (SSSR count). The monoisotopic (exact) mass is 288 g/mol. The second-order valence-electron chi connectivity index (χ2n) is 5.51. The van der Waals surface area contributed by atoms with E-state index in [0.717, 1.165) is 5.56 Å². The molecule has 2 bridgehead atoms. The molecule has 5 atom stereocenters. The molecular formula is C16H16O5. The summed E-state index contributed by atoms with van der Waals surface area (Å²) in [5.74, 6) is -4.29. The van der Waals surface area contributed by atoms with Crippen LogP contribution < -0.4 is 0 Å². The SMILES string of the molecule is O=C(OCc1ccccc1)C1C2C=CC(C2O)[C@H]1C(=O)O. The number of ether oxygens (including phenoxy) is 1. The van der Waals surface area contributed by atoms with Crippen molar-refractivity contribution in [3.05, 3.63) is 48.0 Å². The van der Waals surface area contributed by atoms with Crippen molar-refractivity contribution < 1.29 is 24.5 Å². The van der Waals surface area contributed by atoms with Gasteiger partial charge < -0.3 is 14.9 Å². The van der Waals surface area contributed by atoms with E-state index in [9.17, 15) is 19.8 Å². The number of aliphatic hydroxyl groups is 1. The number of aliphatic hydroxyl groups excluding tert-OH is 1. The highest BCUT2D eigenvalue weighted by Crippen LogP contribution is 2.48. The first-order valence-corrected chi connectivity index (χ1v) is 6.89. The van der Waals surface area contributed by atoms with E-state index < -0.39 is 41.7 Å². The highest BCUT2D eigenvalue weighted by Gasteiger charge is 2.57. The first kappa shape index (κ1) is 13.8. The van der Waals surface area contributed by atoms with E-state index in [1.54, 1.807) is 12.2 Å². The molecule has 0 amide bonds. The van der Waals surface area contributed by atoms with E-state index in [-0.39, 0.29) is 6.61 Å². The third-order valence-electron chi connectivity index (χ3n) is 4.34. The standard InChI is InChI=1S/C16H16O5/c17-14-10-6-7-11(14)13(12(10)15(18)19)16(20)21-8-9-4-2-1-3-5-9/h1-7,10-14,17H,8H2,(H,18,19)/t10?,11?,12-,13?,14?/m1/s1. The molecule has 1 aromatic carbocycles. The number of carbonyl (C=O) groups is 2. The van der Waals surface area contributed by atoms with Gasteiger partial charge >= 0.3 is 11.9 Å². The third-order valence-corrected chi connectivity index (χ3v) is 4.34. The molecule has 1 aromatic rings. The molecule has 5 nitrogen and oxygen atoms in total. The lowest BCUT2D eigenvalue weighted by molar-refractivity contribution is -0.159. The minimum absolute atomic E-state index is 0.111. The molecule has 1 fully saturated rings. The maximum absolute atomic E-state index is 12.2. The number of rotatable bonds is 4. The number of aliphatic carboxylic acids is 1. The molecule has 0 heterocycles. The lowest BCUT2D eigenvalue weighted by atomic mass is 9.83. The first-order chi connectivity index (χ1) is 10.1. The van der Waals surface area contributed by atoms with Gasteiger partial charge in [-0.2, -0.15) is 0 Å². The Hall–Kier alpha value is -2.14. The van der Waals surface area contributed by atoms with Gasteiger partial charge in [-0.25, -0.2) is 0 Å². The number of hydrogen-bond acceptors (Lipinski definition) is 4. The van der Waals surface area contributed by atoms with Crippen molar-refractivity contribution in [3.8, 4) is 0 Å². The van der Waals surface area contributed by atoms with Crippen LogP contribution in [-0.2, 0) is 20.9 Å². The Morgan fingerprint density at radius 3 is 2.29 bits per heavy atom. The molecule has 0 radical (unpaired) electrons. The highest BCUT2D eigenvalue weighted by atomic mass is 16.5. The Morgan fingerprint density at radius 2 is 1.67 bits per heavy atom. The van der Waals surface area contributed by atoms with Crippen molar-refractivity contribution in [2.45, 2.75) is 12.7 Å². The number of fused-ring (bicyclic) bond motifs is 2. The van der Waals surface area contributed by atoms with Crippen LogP contribution >= 0.6 is 0 Å². The fourth-order valence-corrected chi connectivity index (χ4v) is 3.33. The fraction of sp³-hybridized carbons (Fsp3) is 0.375. The van der Waals surface area contributed by atoms with Crippen molar-refractivity contribution in [3.63, 3.8) is 0 Å². The summed E-state index contributed by atoms with van der Waals surface area (Å²) < 4.78 is 5.25. The Morgan fingerprint density at radius 1 is 1.05 bits per heavy atom. The van der Waals surface area contributed by atoms with Gasteiger partial charge in [0.2, 0.25) is 0 Å². The van der Waals surface area contributed by atoms with Crippen LogP contribution in [0.15, 0.2) is 42.5 Å². The molecule has 0 spiro atoms. The van der Waals surface area contributed by atoms with E-state index >= 15 is 0 Å². The molecule has 0 aliphatic heterocycles. The summed E-state index contributed by atoms with van der Waals surface area (Å²) in [5, 5.41) is 19.3. The van der Waals surface area contributed by atoms with Crippen LogP contribution in [0, 0.1) is 23.7 Å². The molecule has 4 unspecified atom stereocenters. The normalized spacial score (nSPS) is 33.1. The zero-order valence-electron chi connectivity index (χ0n) is 11.3. The number of esters is 1. The smallest absolute Gasteiger partial charge is 0.310 e. The minimum Gasteiger partial charge on any atom is -0.481 e. The summed E-state index contributed by atoms with van der Waals surface area (Å²) in [6, 6.07) is 9.21. The Balaban J connectivity index is 1.72. The summed E-state index contributed by atoms with van der Waals surface area (Å²) in [4.78, 5) is 23.6. The van der Waals surface area contributed by atoms with Crippen molar-refractivity contribution >= 4 is 11.9 Å². The van der Waals surface area contributed by atoms with Gasteiger partial charge in [0.05, 0.1) is 17.9 Å². The second kappa shape index (κ2) is 5.33. The molecule has 0 saturated heterocycles. The lowest BCUT2D eigenvalue weighted by Gasteiger charge is -2.22. The van der Waals surface area contributed by atoms with Gasteiger partial charge in [0, 0.05) is 11.8 Å². The van der Waals surface area contributed by atoms with E-state index in [2.05, 4.69) is 0 Å². The van der Waals surface area contributed by atoms with Crippen LogP contribution in [-0.4, -0.2) is 28.3 Å². The van der Waals surface area contributed by atoms with Gasteiger partial charge in [-0.05, 0) is 5.56 Å². The van der Waals surface area contributed by atoms with Crippen LogP contribution in [0.5, 0.6) is 0 Å². The average Bonchev–Trinajstić information content (AvgIpc) is 2.99. The number of benzene rings is 1. The van der Waals surface area contributed by atoms with Gasteiger partial charge in [-0.3, -0.25) is 9.59 Å². The first-order valence-electron chi connectivity index (χ1n) is 6.89. The second-order valence-corrected chi connectivity index (χ2v) is 5.51. The largest absolute Gasteiger partial charge is 0.481 e. The molecule has 1 saturated carbocycles. The van der Waals surface area contributed by atoms with Crippen molar-refractivity contribution in [1.29, 1.82) is 0 Å². The summed E-state index contributed by atoms with van der Waals surface area (Å²) in [7, 11) is 0. The van der Waals surface area contributed by atoms with Gasteiger partial charge in [0.25, 0.3) is 0 Å². The third kappa shape index (κ3) is 2.34. The zero-order valence-corrected chi connectivity index (χ0v) is 11.3. The van der Waals surface area contributed by atoms with E-state index in [0.29, 0.717) is 0 Å². The van der Waals surface area contributed by atoms with Crippen molar-refractivity contribution in [2.75, 3.05) is 0 Å². The van der Waals surface area contributed by atoms with Crippen molar-refractivity contribution in [2.24, 2.45) is 23.7 Å². The predicted molar refractivity (Wildman–Crippen MR) is 73.0 cm³/mol. The lowest BCUT2D eigenvalue weighted by Crippen LogP contribution is -2.34. The molecule has 110 valence electrons. The van der Waals surface area contributed by atoms with Crippen LogP contribution in [0.1, 0.15) is 5.56 Å². The number of hydrogen-bond donors (Lipinski definition) is 2. The van der Waals surface area contributed by atoms with E-state index in [4.69, 9.17) is 4.74 Å². The predicted octanol–water partition coefficient (Wildman–Crippen LogP) is 1.22. The van der Waals surface area contributed by atoms with Gasteiger partial charge in [-0.1, -0.05) is 42.5 Å². The summed E-state index contributed by atoms with van der Waals surface area (Å²) in [6.45, 7) is 0.111. The molecule has 2 N–H and O–H groups in total. The maximum atomic E-state index is 12.2. The van der Waals surface area contributed by atoms with Gasteiger partial charge in [0.15, 0.2) is 0 Å². The number of carboxylic acid groups (broad SMARTS) is 1. The van der Waals surface area contributed by atoms with E-state index in [1.165, 1.54) is 0 Å². The molecule has 0 aromatic heterocycles. The van der Waals surface area contributed by atoms with Crippen LogP contribution in [0.2, 0.25) is 0 Å². The molecule has 2 aliphatic rings. The summed E-state index contributed by atoms with van der Waals surface area (Å²) >= 11 is 0. The van der Waals surface area contributed by atoms with Crippen LogP contribution in [0.25, 0.3) is 0 Å². The Kier molecular flexibility index (Phi) is 3.51. The summed E-state index contributed by atoms with van der Waals surface area (Å²) in [5.41, 5.74) is 0.844. The number of carboxylic acids is 1. The van der Waals surface area contributed by atoms with Crippen molar-refractivity contribution in [1.82, 2.24) is 0 Å². The maximum Gasteiger partial charge on any atom is 0.310 e. The van der Waals surface area contributed by atoms with Gasteiger partial charge in [0.1, 0.15) is 6.61 Å². The molecule has 21 heavy (non-hydrogen) atoms.